The van der Waals surface area contributed by atoms with Gasteiger partial charge in [-0.05, 0) is 42.5 Å². The fourth-order valence-electron chi connectivity index (χ4n) is 4.07. The minimum atomic E-state index is -0.455. The Bertz CT molecular complexity index is 1030. The standard InChI is InChI=1S/C22H22FN5O2/c23-16-10-8-15(9-11-16)18-13-17(14-5-2-1-3-6-14)24-22-26-21(27-28(18)22)25-20(29)19-7-4-12-30-19/h1-3,5-6,8-11,17-19H,4,7,12-13H2,(H2,24,25,26,27,29). The van der Waals surface area contributed by atoms with E-state index in [4.69, 9.17) is 4.74 Å². The highest BCUT2D eigenvalue weighted by atomic mass is 19.1. The maximum absolute atomic E-state index is 13.5. The van der Waals surface area contributed by atoms with E-state index in [0.29, 0.717) is 25.4 Å². The lowest BCUT2D eigenvalue weighted by atomic mass is 9.93. The van der Waals surface area contributed by atoms with Crippen molar-refractivity contribution in [3.8, 4) is 0 Å². The van der Waals surface area contributed by atoms with Crippen LogP contribution in [-0.2, 0) is 9.53 Å². The van der Waals surface area contributed by atoms with Crippen molar-refractivity contribution in [3.05, 3.63) is 71.5 Å². The van der Waals surface area contributed by atoms with Crippen LogP contribution in [0.5, 0.6) is 0 Å². The third-order valence-electron chi connectivity index (χ3n) is 5.60. The van der Waals surface area contributed by atoms with Gasteiger partial charge in [0.2, 0.25) is 5.95 Å². The number of ether oxygens (including phenoxy) is 1. The lowest BCUT2D eigenvalue weighted by Gasteiger charge is -2.31. The van der Waals surface area contributed by atoms with Gasteiger partial charge in [-0.3, -0.25) is 10.1 Å². The first-order valence-electron chi connectivity index (χ1n) is 10.1. The number of amides is 1. The third-order valence-corrected chi connectivity index (χ3v) is 5.60. The average molecular weight is 407 g/mol. The molecule has 3 atom stereocenters. The summed E-state index contributed by atoms with van der Waals surface area (Å²) in [5.74, 6) is 0.287. The van der Waals surface area contributed by atoms with Gasteiger partial charge in [0.15, 0.2) is 0 Å². The van der Waals surface area contributed by atoms with Gasteiger partial charge in [-0.15, -0.1) is 5.10 Å². The largest absolute Gasteiger partial charge is 0.368 e. The fraction of sp³-hybridized carbons (Fsp3) is 0.318. The van der Waals surface area contributed by atoms with E-state index in [9.17, 15) is 9.18 Å². The number of carbonyl (C=O) groups excluding carboxylic acids is 1. The first-order valence-corrected chi connectivity index (χ1v) is 10.1. The maximum atomic E-state index is 13.5. The molecule has 1 amide bonds. The summed E-state index contributed by atoms with van der Waals surface area (Å²) >= 11 is 0. The molecule has 7 nitrogen and oxygen atoms in total. The Hall–Kier alpha value is -3.26. The number of hydrogen-bond donors (Lipinski definition) is 2. The van der Waals surface area contributed by atoms with E-state index >= 15 is 0 Å². The molecular formula is C22H22FN5O2. The van der Waals surface area contributed by atoms with Crippen molar-refractivity contribution in [2.24, 2.45) is 0 Å². The molecule has 0 spiro atoms. The van der Waals surface area contributed by atoms with Gasteiger partial charge in [-0.25, -0.2) is 9.07 Å². The minimum Gasteiger partial charge on any atom is -0.368 e. The molecule has 1 aromatic heterocycles. The molecule has 2 N–H and O–H groups in total. The molecule has 3 heterocycles. The Kier molecular flexibility index (Phi) is 4.92. The molecule has 154 valence electrons. The van der Waals surface area contributed by atoms with Crippen LogP contribution < -0.4 is 10.6 Å². The van der Waals surface area contributed by atoms with Crippen molar-refractivity contribution in [3.63, 3.8) is 0 Å². The van der Waals surface area contributed by atoms with Gasteiger partial charge in [0.25, 0.3) is 11.9 Å². The Morgan fingerprint density at radius 1 is 1.13 bits per heavy atom. The second-order valence-corrected chi connectivity index (χ2v) is 7.61. The van der Waals surface area contributed by atoms with Gasteiger partial charge in [0, 0.05) is 6.61 Å². The van der Waals surface area contributed by atoms with E-state index in [1.807, 2.05) is 18.2 Å². The van der Waals surface area contributed by atoms with E-state index in [2.05, 4.69) is 32.8 Å². The Morgan fingerprint density at radius 2 is 1.93 bits per heavy atom. The Balaban J connectivity index is 1.47. The highest BCUT2D eigenvalue weighted by molar-refractivity contribution is 5.92. The zero-order valence-corrected chi connectivity index (χ0v) is 16.3. The summed E-state index contributed by atoms with van der Waals surface area (Å²) in [4.78, 5) is 16.9. The predicted octanol–water partition coefficient (Wildman–Crippen LogP) is 3.68. The monoisotopic (exact) mass is 407 g/mol. The summed E-state index contributed by atoms with van der Waals surface area (Å²) in [6.07, 6.45) is 1.83. The molecule has 0 saturated carbocycles. The summed E-state index contributed by atoms with van der Waals surface area (Å²) < 4.78 is 20.7. The van der Waals surface area contributed by atoms with Crippen LogP contribution in [-0.4, -0.2) is 33.4 Å². The minimum absolute atomic E-state index is 0.0136. The van der Waals surface area contributed by atoms with Gasteiger partial charge < -0.3 is 10.1 Å². The average Bonchev–Trinajstić information content (AvgIpc) is 3.44. The first-order chi connectivity index (χ1) is 14.7. The SMILES string of the molecule is O=C(Nc1nc2n(n1)C(c1ccc(F)cc1)CC(c1ccccc1)N2)C1CCCO1. The quantitative estimate of drug-likeness (QED) is 0.690. The van der Waals surface area contributed by atoms with Crippen molar-refractivity contribution >= 4 is 17.8 Å². The van der Waals surface area contributed by atoms with Crippen LogP contribution in [0.15, 0.2) is 54.6 Å². The molecule has 0 radical (unpaired) electrons. The van der Waals surface area contributed by atoms with Crippen LogP contribution in [0.25, 0.3) is 0 Å². The maximum Gasteiger partial charge on any atom is 0.255 e. The molecule has 3 unspecified atom stereocenters. The Labute approximate surface area is 173 Å². The summed E-state index contributed by atoms with van der Waals surface area (Å²) in [6.45, 7) is 0.595. The zero-order chi connectivity index (χ0) is 20.5. The molecule has 2 aromatic carbocycles. The van der Waals surface area contributed by atoms with Crippen LogP contribution in [0.1, 0.15) is 42.5 Å². The van der Waals surface area contributed by atoms with Gasteiger partial charge in [-0.1, -0.05) is 42.5 Å². The molecular weight excluding hydrogens is 385 g/mol. The number of anilines is 2. The molecule has 1 fully saturated rings. The summed E-state index contributed by atoms with van der Waals surface area (Å²) in [6, 6.07) is 16.4. The zero-order valence-electron chi connectivity index (χ0n) is 16.3. The van der Waals surface area contributed by atoms with Crippen molar-refractivity contribution in [1.82, 2.24) is 14.8 Å². The van der Waals surface area contributed by atoms with E-state index < -0.39 is 6.10 Å². The molecule has 1 saturated heterocycles. The number of rotatable bonds is 4. The van der Waals surface area contributed by atoms with Crippen molar-refractivity contribution in [1.29, 1.82) is 0 Å². The van der Waals surface area contributed by atoms with E-state index in [1.54, 1.807) is 16.8 Å². The highest BCUT2D eigenvalue weighted by Gasteiger charge is 2.32. The lowest BCUT2D eigenvalue weighted by molar-refractivity contribution is -0.124. The normalized spacial score (nSPS) is 22.9. The number of nitrogens with zero attached hydrogens (tertiary/aromatic N) is 3. The molecule has 2 aliphatic rings. The van der Waals surface area contributed by atoms with Crippen LogP contribution in [0.2, 0.25) is 0 Å². The topological polar surface area (TPSA) is 81.1 Å². The molecule has 3 aromatic rings. The van der Waals surface area contributed by atoms with Crippen LogP contribution in [0.4, 0.5) is 16.3 Å². The fourth-order valence-corrected chi connectivity index (χ4v) is 4.07. The molecule has 0 aliphatic carbocycles. The van der Waals surface area contributed by atoms with Crippen molar-refractivity contribution in [2.45, 2.75) is 37.5 Å². The van der Waals surface area contributed by atoms with Crippen molar-refractivity contribution in [2.75, 3.05) is 17.2 Å². The molecule has 8 heteroatoms. The van der Waals surface area contributed by atoms with Gasteiger partial charge >= 0.3 is 0 Å². The first kappa shape index (κ1) is 18.7. The molecule has 5 rings (SSSR count). The number of aromatic nitrogens is 3. The van der Waals surface area contributed by atoms with Gasteiger partial charge in [0.1, 0.15) is 11.9 Å². The number of benzene rings is 2. The van der Waals surface area contributed by atoms with Crippen molar-refractivity contribution < 1.29 is 13.9 Å². The predicted molar refractivity (Wildman–Crippen MR) is 110 cm³/mol. The molecule has 0 bridgehead atoms. The van der Waals surface area contributed by atoms with Crippen LogP contribution in [0, 0.1) is 5.82 Å². The number of carbonyl (C=O) groups is 1. The molecule has 30 heavy (non-hydrogen) atoms. The van der Waals surface area contributed by atoms with Crippen LogP contribution >= 0.6 is 0 Å². The van der Waals surface area contributed by atoms with E-state index in [1.165, 1.54) is 12.1 Å². The van der Waals surface area contributed by atoms with Gasteiger partial charge in [0.05, 0.1) is 12.1 Å². The Morgan fingerprint density at radius 3 is 2.67 bits per heavy atom. The lowest BCUT2D eigenvalue weighted by Crippen LogP contribution is -2.28. The number of hydrogen-bond acceptors (Lipinski definition) is 5. The second-order valence-electron chi connectivity index (χ2n) is 7.61. The van der Waals surface area contributed by atoms with Gasteiger partial charge in [-0.2, -0.15) is 4.98 Å². The highest BCUT2D eigenvalue weighted by Crippen LogP contribution is 2.38. The number of halogens is 1. The number of nitrogens with one attached hydrogen (secondary N) is 2. The summed E-state index contributed by atoms with van der Waals surface area (Å²) in [5.41, 5.74) is 2.06. The smallest absolute Gasteiger partial charge is 0.255 e. The third kappa shape index (κ3) is 3.66. The second kappa shape index (κ2) is 7.87. The van der Waals surface area contributed by atoms with E-state index in [0.717, 1.165) is 17.5 Å². The number of fused-ring (bicyclic) bond motifs is 1. The van der Waals surface area contributed by atoms with Crippen LogP contribution in [0.3, 0.4) is 0 Å². The summed E-state index contributed by atoms with van der Waals surface area (Å²) in [7, 11) is 0. The summed E-state index contributed by atoms with van der Waals surface area (Å²) in [5, 5.41) is 10.7. The molecule has 2 aliphatic heterocycles. The van der Waals surface area contributed by atoms with E-state index in [-0.39, 0.29) is 29.8 Å².